The molecule has 0 saturated carbocycles. The van der Waals surface area contributed by atoms with E-state index in [-0.39, 0.29) is 35.8 Å². The predicted molar refractivity (Wildman–Crippen MR) is 186 cm³/mol. The quantitative estimate of drug-likeness (QED) is 0.196. The molecular formula is C35H42N10O2. The highest BCUT2D eigenvalue weighted by atomic mass is 16.2. The molecule has 47 heavy (non-hydrogen) atoms. The first kappa shape index (κ1) is 33.1. The topological polar surface area (TPSA) is 168 Å². The summed E-state index contributed by atoms with van der Waals surface area (Å²) in [4.78, 5) is 45.4. The van der Waals surface area contributed by atoms with Crippen molar-refractivity contribution in [1.29, 1.82) is 10.8 Å². The number of amides is 2. The SMILES string of the molecule is CCN(C(=O)[C@@H]1CCN(CC(=O)N2CC=C(c3ccc(C(=N)/N=C\NC)cc3)CC2)C1)c1ccc(N)c(C(=N)c2ccnc(C)c2)n1. The summed E-state index contributed by atoms with van der Waals surface area (Å²) in [6.45, 7) is 6.80. The number of hydrogen-bond donors (Lipinski definition) is 4. The number of carbonyl (C=O) groups is 2. The Hall–Kier alpha value is -5.23. The van der Waals surface area contributed by atoms with Gasteiger partial charge in [0.15, 0.2) is 5.84 Å². The summed E-state index contributed by atoms with van der Waals surface area (Å²) in [7, 11) is 1.74. The Bertz CT molecular complexity index is 1720. The number of carbonyl (C=O) groups excluding carboxylic acids is 2. The first-order chi connectivity index (χ1) is 22.7. The van der Waals surface area contributed by atoms with Crippen LogP contribution in [-0.2, 0) is 9.59 Å². The number of hydrogen-bond acceptors (Lipinski definition) is 8. The minimum Gasteiger partial charge on any atom is -0.397 e. The van der Waals surface area contributed by atoms with E-state index in [0.29, 0.717) is 61.9 Å². The van der Waals surface area contributed by atoms with Crippen LogP contribution in [0.3, 0.4) is 0 Å². The molecule has 5 N–H and O–H groups in total. The number of benzene rings is 1. The van der Waals surface area contributed by atoms with Crippen molar-refractivity contribution in [2.24, 2.45) is 10.9 Å². The molecule has 5 rings (SSSR count). The van der Waals surface area contributed by atoms with Crippen LogP contribution in [0.5, 0.6) is 0 Å². The lowest BCUT2D eigenvalue weighted by molar-refractivity contribution is -0.132. The summed E-state index contributed by atoms with van der Waals surface area (Å²) in [5.74, 6) is 0.407. The lowest BCUT2D eigenvalue weighted by Gasteiger charge is -2.29. The third-order valence-electron chi connectivity index (χ3n) is 8.59. The Balaban J connectivity index is 1.16. The van der Waals surface area contributed by atoms with Gasteiger partial charge in [-0.2, -0.15) is 0 Å². The minimum absolute atomic E-state index is 0.0440. The van der Waals surface area contributed by atoms with E-state index in [1.807, 2.05) is 49.1 Å². The second-order valence-corrected chi connectivity index (χ2v) is 11.8. The van der Waals surface area contributed by atoms with Crippen molar-refractivity contribution < 1.29 is 9.59 Å². The Morgan fingerprint density at radius 1 is 1.13 bits per heavy atom. The van der Waals surface area contributed by atoms with E-state index in [4.69, 9.17) is 16.6 Å². The van der Waals surface area contributed by atoms with Crippen LogP contribution in [0.4, 0.5) is 11.5 Å². The molecule has 4 heterocycles. The van der Waals surface area contributed by atoms with Crippen molar-refractivity contribution in [2.75, 3.05) is 56.9 Å². The molecule has 244 valence electrons. The molecular weight excluding hydrogens is 592 g/mol. The monoisotopic (exact) mass is 634 g/mol. The summed E-state index contributed by atoms with van der Waals surface area (Å²) in [5, 5.41) is 19.6. The van der Waals surface area contributed by atoms with Gasteiger partial charge in [0.2, 0.25) is 11.8 Å². The average molecular weight is 635 g/mol. The number of nitrogen functional groups attached to an aromatic ring is 1. The van der Waals surface area contributed by atoms with E-state index in [1.165, 1.54) is 11.9 Å². The molecule has 0 bridgehead atoms. The van der Waals surface area contributed by atoms with E-state index in [9.17, 15) is 9.59 Å². The van der Waals surface area contributed by atoms with Gasteiger partial charge in [0.1, 0.15) is 11.5 Å². The Kier molecular flexibility index (Phi) is 10.5. The summed E-state index contributed by atoms with van der Waals surface area (Å²) in [6, 6.07) is 14.7. The van der Waals surface area contributed by atoms with Crippen molar-refractivity contribution in [3.05, 3.63) is 88.9 Å². The van der Waals surface area contributed by atoms with Gasteiger partial charge >= 0.3 is 0 Å². The standard InChI is InChI=1S/C35H42N10O2/c1-4-45(30-10-9-29(36)33(42-30)32(37)27-11-15-40-23(2)19-27)35(47)28-12-16-43(20-28)21-31(46)44-17-13-25(14-18-44)24-5-7-26(8-6-24)34(38)41-22-39-3/h5-11,13,15,19,22,28,37H,4,12,14,16-18,20-21,36H2,1-3H3,(H2,38,39,41)/t28-/m1/s1. The molecule has 0 aliphatic carbocycles. The number of aliphatic imine (C=N–C) groups is 1. The predicted octanol–water partition coefficient (Wildman–Crippen LogP) is 3.35. The van der Waals surface area contributed by atoms with Crippen LogP contribution in [0, 0.1) is 23.7 Å². The van der Waals surface area contributed by atoms with E-state index >= 15 is 0 Å². The number of aromatic nitrogens is 2. The van der Waals surface area contributed by atoms with Gasteiger partial charge in [-0.25, -0.2) is 9.98 Å². The maximum atomic E-state index is 13.7. The van der Waals surface area contributed by atoms with Crippen LogP contribution in [0.1, 0.15) is 47.8 Å². The second-order valence-electron chi connectivity index (χ2n) is 11.8. The molecule has 1 aromatic carbocycles. The maximum absolute atomic E-state index is 13.7. The highest BCUT2D eigenvalue weighted by molar-refractivity contribution is 6.13. The summed E-state index contributed by atoms with van der Waals surface area (Å²) < 4.78 is 0. The summed E-state index contributed by atoms with van der Waals surface area (Å²) in [6.07, 6.45) is 6.64. The molecule has 0 unspecified atom stereocenters. The molecule has 1 fully saturated rings. The number of likely N-dealkylation sites (tertiary alicyclic amines) is 1. The molecule has 2 aliphatic heterocycles. The number of aryl methyl sites for hydroxylation is 1. The van der Waals surface area contributed by atoms with Gasteiger partial charge in [-0.05, 0) is 68.6 Å². The molecule has 12 heteroatoms. The van der Waals surface area contributed by atoms with E-state index in [0.717, 1.165) is 23.2 Å². The lowest BCUT2D eigenvalue weighted by atomic mass is 9.98. The van der Waals surface area contributed by atoms with Gasteiger partial charge in [0.05, 0.1) is 30.2 Å². The van der Waals surface area contributed by atoms with Gasteiger partial charge in [-0.1, -0.05) is 30.3 Å². The van der Waals surface area contributed by atoms with Crippen LogP contribution in [-0.4, -0.2) is 95.8 Å². The van der Waals surface area contributed by atoms with E-state index < -0.39 is 0 Å². The summed E-state index contributed by atoms with van der Waals surface area (Å²) in [5.41, 5.74) is 11.5. The van der Waals surface area contributed by atoms with Crippen LogP contribution >= 0.6 is 0 Å². The first-order valence-electron chi connectivity index (χ1n) is 15.9. The van der Waals surface area contributed by atoms with E-state index in [1.54, 1.807) is 36.3 Å². The molecule has 2 amide bonds. The van der Waals surface area contributed by atoms with Crippen LogP contribution < -0.4 is 16.0 Å². The zero-order chi connectivity index (χ0) is 33.5. The number of pyridine rings is 2. The zero-order valence-corrected chi connectivity index (χ0v) is 27.2. The number of nitrogens with one attached hydrogen (secondary N) is 3. The minimum atomic E-state index is -0.255. The third kappa shape index (κ3) is 7.78. The Morgan fingerprint density at radius 3 is 2.60 bits per heavy atom. The van der Waals surface area contributed by atoms with Crippen molar-refractivity contribution in [3.63, 3.8) is 0 Å². The molecule has 1 saturated heterocycles. The van der Waals surface area contributed by atoms with Gasteiger partial charge in [0.25, 0.3) is 0 Å². The molecule has 2 aliphatic rings. The second kappa shape index (κ2) is 14.9. The van der Waals surface area contributed by atoms with Crippen molar-refractivity contribution >= 4 is 46.8 Å². The van der Waals surface area contributed by atoms with Crippen LogP contribution in [0.25, 0.3) is 5.57 Å². The Labute approximate surface area is 275 Å². The van der Waals surface area contributed by atoms with Crippen LogP contribution in [0.15, 0.2) is 65.8 Å². The first-order valence-corrected chi connectivity index (χ1v) is 15.9. The number of nitrogens with zero attached hydrogens (tertiary/aromatic N) is 6. The molecule has 1 atom stereocenters. The normalized spacial score (nSPS) is 16.6. The van der Waals surface area contributed by atoms with Crippen LogP contribution in [0.2, 0.25) is 0 Å². The fourth-order valence-electron chi connectivity index (χ4n) is 5.97. The largest absolute Gasteiger partial charge is 0.397 e. The van der Waals surface area contributed by atoms with Gasteiger partial charge in [-0.15, -0.1) is 0 Å². The fourth-order valence-corrected chi connectivity index (χ4v) is 5.97. The average Bonchev–Trinajstić information content (AvgIpc) is 3.56. The van der Waals surface area contributed by atoms with Crippen molar-refractivity contribution in [3.8, 4) is 0 Å². The number of amidine groups is 1. The number of anilines is 2. The molecule has 0 radical (unpaired) electrons. The smallest absolute Gasteiger partial charge is 0.237 e. The van der Waals surface area contributed by atoms with Crippen molar-refractivity contribution in [1.82, 2.24) is 25.1 Å². The summed E-state index contributed by atoms with van der Waals surface area (Å²) >= 11 is 0. The number of rotatable bonds is 10. The fraction of sp³-hybridized carbons (Fsp3) is 0.343. The molecule has 0 spiro atoms. The van der Waals surface area contributed by atoms with Gasteiger partial charge in [0, 0.05) is 56.2 Å². The maximum Gasteiger partial charge on any atom is 0.237 e. The lowest BCUT2D eigenvalue weighted by Crippen LogP contribution is -2.42. The van der Waals surface area contributed by atoms with Gasteiger partial charge in [-0.3, -0.25) is 35.2 Å². The van der Waals surface area contributed by atoms with Crippen molar-refractivity contribution in [2.45, 2.75) is 26.7 Å². The molecule has 12 nitrogen and oxygen atoms in total. The third-order valence-corrected chi connectivity index (χ3v) is 8.59. The Morgan fingerprint density at radius 2 is 1.91 bits per heavy atom. The molecule has 3 aromatic rings. The zero-order valence-electron chi connectivity index (χ0n) is 27.2. The number of nitrogens with two attached hydrogens (primary N) is 1. The van der Waals surface area contributed by atoms with E-state index in [2.05, 4.69) is 31.3 Å². The molecule has 2 aromatic heterocycles. The van der Waals surface area contributed by atoms with Gasteiger partial charge < -0.3 is 16.0 Å². The highest BCUT2D eigenvalue weighted by Gasteiger charge is 2.34. The highest BCUT2D eigenvalue weighted by Crippen LogP contribution is 2.26.